The van der Waals surface area contributed by atoms with E-state index in [1.807, 2.05) is 0 Å². The maximum Gasteiger partial charge on any atom is 0.0930 e. The van der Waals surface area contributed by atoms with Crippen molar-refractivity contribution in [3.63, 3.8) is 0 Å². The highest BCUT2D eigenvalue weighted by Gasteiger charge is 2.22. The van der Waals surface area contributed by atoms with Crippen LogP contribution >= 0.6 is 0 Å². The fraction of sp³-hybridized carbons (Fsp3) is 0.625. The van der Waals surface area contributed by atoms with Gasteiger partial charge in [0.25, 0.3) is 0 Å². The maximum atomic E-state index is 9.17. The van der Waals surface area contributed by atoms with Gasteiger partial charge in [-0.2, -0.15) is 0 Å². The maximum absolute atomic E-state index is 9.17. The Morgan fingerprint density at radius 1 is 1.60 bits per heavy atom. The third-order valence-corrected chi connectivity index (χ3v) is 1.24. The predicted octanol–water partition coefficient (Wildman–Crippen LogP) is 0.346. The minimum atomic E-state index is -1.07. The van der Waals surface area contributed by atoms with Crippen molar-refractivity contribution >= 4 is 0 Å². The van der Waals surface area contributed by atoms with Crippen LogP contribution in [0.25, 0.3) is 0 Å². The Morgan fingerprint density at radius 2 is 2.10 bits per heavy atom. The van der Waals surface area contributed by atoms with Gasteiger partial charge in [-0.15, -0.1) is 11.8 Å². The van der Waals surface area contributed by atoms with E-state index in [2.05, 4.69) is 18.8 Å². The van der Waals surface area contributed by atoms with Crippen molar-refractivity contribution in [2.75, 3.05) is 0 Å². The highest BCUT2D eigenvalue weighted by atomic mass is 16.3. The standard InChI is InChI=1S/C8H13O2/c1-4-5-6-7(9)8(2,3)10/h7,9-10H,1,6H2,2-3H3. The Morgan fingerprint density at radius 3 is 2.40 bits per heavy atom. The largest absolute Gasteiger partial charge is 0.389 e. The fourth-order valence-corrected chi connectivity index (χ4v) is 0.419. The molecule has 2 heteroatoms. The molecule has 1 radical (unpaired) electrons. The predicted molar refractivity (Wildman–Crippen MR) is 40.1 cm³/mol. The van der Waals surface area contributed by atoms with Gasteiger partial charge in [-0.3, -0.25) is 0 Å². The summed E-state index contributed by atoms with van der Waals surface area (Å²) in [6.45, 7) is 6.37. The molecule has 0 aromatic rings. The van der Waals surface area contributed by atoms with Crippen LogP contribution in [0.1, 0.15) is 20.3 Å². The van der Waals surface area contributed by atoms with Crippen LogP contribution in [0.3, 0.4) is 0 Å². The van der Waals surface area contributed by atoms with Gasteiger partial charge >= 0.3 is 0 Å². The Bertz CT molecular complexity index is 145. The third kappa shape index (κ3) is 3.49. The summed E-state index contributed by atoms with van der Waals surface area (Å²) in [5.41, 5.74) is -1.07. The number of aliphatic hydroxyl groups is 2. The van der Waals surface area contributed by atoms with Crippen LogP contribution in [0.2, 0.25) is 0 Å². The summed E-state index contributed by atoms with van der Waals surface area (Å²) >= 11 is 0. The summed E-state index contributed by atoms with van der Waals surface area (Å²) in [6.07, 6.45) is -0.519. The van der Waals surface area contributed by atoms with Crippen molar-refractivity contribution in [3.05, 3.63) is 6.92 Å². The molecule has 0 fully saturated rings. The van der Waals surface area contributed by atoms with Crippen LogP contribution in [0, 0.1) is 18.8 Å². The molecule has 0 saturated carbocycles. The minimum Gasteiger partial charge on any atom is -0.389 e. The quantitative estimate of drug-likeness (QED) is 0.545. The van der Waals surface area contributed by atoms with Gasteiger partial charge in [0, 0.05) is 13.3 Å². The van der Waals surface area contributed by atoms with E-state index in [4.69, 9.17) is 5.11 Å². The molecule has 10 heavy (non-hydrogen) atoms. The molecule has 0 aliphatic heterocycles. The zero-order valence-electron chi connectivity index (χ0n) is 6.39. The van der Waals surface area contributed by atoms with Crippen molar-refractivity contribution in [2.45, 2.75) is 32.0 Å². The summed E-state index contributed by atoms with van der Waals surface area (Å²) in [7, 11) is 0. The number of hydrogen-bond donors (Lipinski definition) is 2. The van der Waals surface area contributed by atoms with Crippen molar-refractivity contribution in [1.29, 1.82) is 0 Å². The van der Waals surface area contributed by atoms with Crippen molar-refractivity contribution < 1.29 is 10.2 Å². The van der Waals surface area contributed by atoms with E-state index in [0.29, 0.717) is 0 Å². The first-order valence-corrected chi connectivity index (χ1v) is 3.14. The highest BCUT2D eigenvalue weighted by molar-refractivity contribution is 5.04. The van der Waals surface area contributed by atoms with E-state index in [1.54, 1.807) is 13.8 Å². The van der Waals surface area contributed by atoms with Gasteiger partial charge in [0.1, 0.15) is 0 Å². The molecule has 0 amide bonds. The third-order valence-electron chi connectivity index (χ3n) is 1.24. The van der Waals surface area contributed by atoms with Crippen LogP contribution in [-0.4, -0.2) is 21.9 Å². The lowest BCUT2D eigenvalue weighted by Crippen LogP contribution is -2.35. The van der Waals surface area contributed by atoms with E-state index in [1.165, 1.54) is 0 Å². The topological polar surface area (TPSA) is 40.5 Å². The molecular weight excluding hydrogens is 128 g/mol. The zero-order chi connectivity index (χ0) is 8.20. The van der Waals surface area contributed by atoms with Gasteiger partial charge in [0.2, 0.25) is 0 Å². The summed E-state index contributed by atoms with van der Waals surface area (Å²) < 4.78 is 0. The molecule has 2 N–H and O–H groups in total. The second-order valence-electron chi connectivity index (χ2n) is 2.73. The van der Waals surface area contributed by atoms with E-state index in [9.17, 15) is 5.11 Å². The number of hydrogen-bond acceptors (Lipinski definition) is 2. The second kappa shape index (κ2) is 3.60. The van der Waals surface area contributed by atoms with Gasteiger partial charge < -0.3 is 10.2 Å². The first-order valence-electron chi connectivity index (χ1n) is 3.14. The molecule has 0 aromatic heterocycles. The molecule has 1 atom stereocenters. The van der Waals surface area contributed by atoms with Crippen molar-refractivity contribution in [1.82, 2.24) is 0 Å². The van der Waals surface area contributed by atoms with Crippen molar-refractivity contribution in [2.24, 2.45) is 0 Å². The highest BCUT2D eigenvalue weighted by Crippen LogP contribution is 2.10. The summed E-state index contributed by atoms with van der Waals surface area (Å²) in [5, 5.41) is 18.3. The van der Waals surface area contributed by atoms with Crippen LogP contribution < -0.4 is 0 Å². The Hall–Kier alpha value is -0.520. The molecule has 0 aliphatic rings. The number of aliphatic hydroxyl groups excluding tert-OH is 1. The molecule has 0 bridgehead atoms. The van der Waals surface area contributed by atoms with Crippen LogP contribution in [-0.2, 0) is 0 Å². The molecule has 2 nitrogen and oxygen atoms in total. The Labute approximate surface area is 61.9 Å². The molecule has 0 spiro atoms. The lowest BCUT2D eigenvalue weighted by atomic mass is 10.00. The summed E-state index contributed by atoms with van der Waals surface area (Å²) in [4.78, 5) is 0. The van der Waals surface area contributed by atoms with Gasteiger partial charge in [0.15, 0.2) is 0 Å². The monoisotopic (exact) mass is 141 g/mol. The fourth-order valence-electron chi connectivity index (χ4n) is 0.419. The first-order chi connectivity index (χ1) is 4.48. The molecule has 0 saturated heterocycles. The molecule has 0 aromatic carbocycles. The molecule has 57 valence electrons. The Kier molecular flexibility index (Phi) is 3.41. The zero-order valence-corrected chi connectivity index (χ0v) is 6.39. The van der Waals surface area contributed by atoms with E-state index >= 15 is 0 Å². The molecule has 0 heterocycles. The second-order valence-corrected chi connectivity index (χ2v) is 2.73. The summed E-state index contributed by atoms with van der Waals surface area (Å²) in [6, 6.07) is 0. The SMILES string of the molecule is [CH2]C#CCC(O)C(C)(C)O. The van der Waals surface area contributed by atoms with E-state index in [0.717, 1.165) is 0 Å². The normalized spacial score (nSPS) is 13.7. The van der Waals surface area contributed by atoms with E-state index in [-0.39, 0.29) is 6.42 Å². The van der Waals surface area contributed by atoms with Gasteiger partial charge in [-0.05, 0) is 13.8 Å². The Balaban J connectivity index is 3.81. The smallest absolute Gasteiger partial charge is 0.0930 e. The van der Waals surface area contributed by atoms with Gasteiger partial charge in [-0.25, -0.2) is 0 Å². The average molecular weight is 141 g/mol. The minimum absolute atomic E-state index is 0.271. The molecule has 0 rings (SSSR count). The van der Waals surface area contributed by atoms with Crippen LogP contribution in [0.15, 0.2) is 0 Å². The van der Waals surface area contributed by atoms with Crippen molar-refractivity contribution in [3.8, 4) is 11.8 Å². The van der Waals surface area contributed by atoms with E-state index < -0.39 is 11.7 Å². The average Bonchev–Trinajstić information content (AvgIpc) is 1.80. The lowest BCUT2D eigenvalue weighted by molar-refractivity contribution is -0.0446. The molecule has 1 unspecified atom stereocenters. The summed E-state index contributed by atoms with van der Waals surface area (Å²) in [5.74, 6) is 4.98. The van der Waals surface area contributed by atoms with Gasteiger partial charge in [-0.1, -0.05) is 0 Å². The first kappa shape index (κ1) is 9.48. The molecule has 0 aliphatic carbocycles. The van der Waals surface area contributed by atoms with Gasteiger partial charge in [0.05, 0.1) is 11.7 Å². The lowest BCUT2D eigenvalue weighted by Gasteiger charge is -2.22. The van der Waals surface area contributed by atoms with Crippen LogP contribution in [0.4, 0.5) is 0 Å². The number of rotatable bonds is 2. The van der Waals surface area contributed by atoms with Crippen LogP contribution in [0.5, 0.6) is 0 Å². The molecular formula is C8H13O2.